The zero-order valence-corrected chi connectivity index (χ0v) is 16.6. The molecule has 1 heterocycles. The number of anilines is 1. The molecule has 0 radical (unpaired) electrons. The summed E-state index contributed by atoms with van der Waals surface area (Å²) in [4.78, 5) is 15.9. The van der Waals surface area contributed by atoms with E-state index in [0.29, 0.717) is 41.4 Å². The second-order valence-corrected chi connectivity index (χ2v) is 7.52. The van der Waals surface area contributed by atoms with Crippen LogP contribution in [0, 0.1) is 0 Å². The largest absolute Gasteiger partial charge is 0.474 e. The fraction of sp³-hybridized carbons (Fsp3) is 0.368. The number of nitrogens with one attached hydrogen (secondary N) is 2. The van der Waals surface area contributed by atoms with Gasteiger partial charge < -0.3 is 15.4 Å². The molecule has 0 bridgehead atoms. The molecule has 0 spiro atoms. The number of hydrogen-bond acceptors (Lipinski definition) is 3. The van der Waals surface area contributed by atoms with E-state index in [2.05, 4.69) is 15.6 Å². The van der Waals surface area contributed by atoms with Crippen LogP contribution in [0.15, 0.2) is 36.5 Å². The third kappa shape index (κ3) is 6.14. The van der Waals surface area contributed by atoms with Crippen LogP contribution >= 0.6 is 23.2 Å². The van der Waals surface area contributed by atoms with Gasteiger partial charge in [0.2, 0.25) is 5.88 Å². The lowest BCUT2D eigenvalue weighted by atomic mass is 9.93. The summed E-state index contributed by atoms with van der Waals surface area (Å²) in [6, 6.07) is 6.59. The van der Waals surface area contributed by atoms with Gasteiger partial charge in [0.1, 0.15) is 6.10 Å². The molecule has 1 aromatic heterocycles. The van der Waals surface area contributed by atoms with Crippen molar-refractivity contribution in [2.75, 3.05) is 5.32 Å². The zero-order valence-electron chi connectivity index (χ0n) is 15.1. The highest BCUT2D eigenvalue weighted by atomic mass is 35.5. The van der Waals surface area contributed by atoms with Crippen LogP contribution in [0.2, 0.25) is 10.0 Å². The van der Waals surface area contributed by atoms with E-state index in [9.17, 15) is 18.0 Å². The van der Waals surface area contributed by atoms with Crippen LogP contribution in [0.4, 0.5) is 23.7 Å². The van der Waals surface area contributed by atoms with Crippen LogP contribution in [-0.4, -0.2) is 23.2 Å². The lowest BCUT2D eigenvalue weighted by Crippen LogP contribution is -2.41. The van der Waals surface area contributed by atoms with Gasteiger partial charge >= 0.3 is 12.2 Å². The summed E-state index contributed by atoms with van der Waals surface area (Å²) in [6.07, 6.45) is -1.15. The Bertz CT molecular complexity index is 855. The van der Waals surface area contributed by atoms with Crippen LogP contribution in [0.25, 0.3) is 0 Å². The molecule has 2 N–H and O–H groups in total. The van der Waals surface area contributed by atoms with Crippen molar-refractivity contribution >= 4 is 34.9 Å². The lowest BCUT2D eigenvalue weighted by Gasteiger charge is -2.29. The van der Waals surface area contributed by atoms with E-state index in [0.717, 1.165) is 12.3 Å². The average Bonchev–Trinajstić information content (AvgIpc) is 2.66. The number of nitrogens with zero attached hydrogens (tertiary/aromatic N) is 1. The van der Waals surface area contributed by atoms with Crippen molar-refractivity contribution in [2.45, 2.75) is 44.0 Å². The number of hydrogen-bond donors (Lipinski definition) is 2. The topological polar surface area (TPSA) is 63.2 Å². The molecule has 0 unspecified atom stereocenters. The molecule has 1 saturated carbocycles. The minimum atomic E-state index is -4.42. The first-order chi connectivity index (χ1) is 13.7. The Labute approximate surface area is 175 Å². The molecule has 2 amide bonds. The SMILES string of the molecule is O=C(Nc1ccc(Cl)c(Cl)c1)NC1CCC(Oc2ccc(C(F)(F)F)cn2)CC1. The average molecular weight is 448 g/mol. The Morgan fingerprint density at radius 1 is 1.07 bits per heavy atom. The standard InChI is InChI=1S/C19H18Cl2F3N3O2/c20-15-7-4-13(9-16(15)21)27-18(28)26-12-2-5-14(6-3-12)29-17-8-1-11(10-25-17)19(22,23)24/h1,4,7-10,12,14H,2-3,5-6H2,(H2,26,27,28). The lowest BCUT2D eigenvalue weighted by molar-refractivity contribution is -0.137. The second-order valence-electron chi connectivity index (χ2n) is 6.70. The van der Waals surface area contributed by atoms with Gasteiger partial charge in [0.15, 0.2) is 0 Å². The van der Waals surface area contributed by atoms with Crippen LogP contribution in [0.3, 0.4) is 0 Å². The summed E-state index contributed by atoms with van der Waals surface area (Å²) in [5.41, 5.74) is -0.284. The van der Waals surface area contributed by atoms with E-state index >= 15 is 0 Å². The van der Waals surface area contributed by atoms with E-state index in [-0.39, 0.29) is 24.1 Å². The third-order valence-electron chi connectivity index (χ3n) is 4.54. The molecule has 1 aliphatic carbocycles. The molecular formula is C19H18Cl2F3N3O2. The number of benzene rings is 1. The molecule has 2 aromatic rings. The van der Waals surface area contributed by atoms with Gasteiger partial charge in [-0.15, -0.1) is 0 Å². The van der Waals surface area contributed by atoms with Gasteiger partial charge in [-0.25, -0.2) is 9.78 Å². The molecule has 5 nitrogen and oxygen atoms in total. The summed E-state index contributed by atoms with van der Waals surface area (Å²) in [7, 11) is 0. The first kappa shape index (κ1) is 21.5. The van der Waals surface area contributed by atoms with Gasteiger partial charge in [0, 0.05) is 24.0 Å². The highest BCUT2D eigenvalue weighted by Crippen LogP contribution is 2.30. The smallest absolute Gasteiger partial charge is 0.417 e. The monoisotopic (exact) mass is 447 g/mol. The van der Waals surface area contributed by atoms with Gasteiger partial charge in [0.25, 0.3) is 0 Å². The summed E-state index contributed by atoms with van der Waals surface area (Å²) < 4.78 is 43.4. The molecular weight excluding hydrogens is 430 g/mol. The maximum Gasteiger partial charge on any atom is 0.417 e. The van der Waals surface area contributed by atoms with E-state index < -0.39 is 11.7 Å². The molecule has 10 heteroatoms. The number of urea groups is 1. The summed E-state index contributed by atoms with van der Waals surface area (Å²) in [6.45, 7) is 0. The summed E-state index contributed by atoms with van der Waals surface area (Å²) >= 11 is 11.8. The van der Waals surface area contributed by atoms with Crippen LogP contribution in [-0.2, 0) is 6.18 Å². The number of alkyl halides is 3. The van der Waals surface area contributed by atoms with Crippen LogP contribution < -0.4 is 15.4 Å². The highest BCUT2D eigenvalue weighted by Gasteiger charge is 2.31. The zero-order chi connectivity index (χ0) is 21.0. The van der Waals surface area contributed by atoms with Crippen molar-refractivity contribution in [1.29, 1.82) is 0 Å². The number of ether oxygens (including phenoxy) is 1. The molecule has 29 heavy (non-hydrogen) atoms. The number of pyridine rings is 1. The predicted molar refractivity (Wildman–Crippen MR) is 105 cm³/mol. The minimum absolute atomic E-state index is 0.0295. The van der Waals surface area contributed by atoms with E-state index in [4.69, 9.17) is 27.9 Å². The second kappa shape index (κ2) is 9.09. The minimum Gasteiger partial charge on any atom is -0.474 e. The van der Waals surface area contributed by atoms with E-state index in [1.807, 2.05) is 0 Å². The number of rotatable bonds is 4. The molecule has 0 aliphatic heterocycles. The number of aromatic nitrogens is 1. The van der Waals surface area contributed by atoms with E-state index in [1.165, 1.54) is 6.07 Å². The summed E-state index contributed by atoms with van der Waals surface area (Å²) in [5, 5.41) is 6.33. The Morgan fingerprint density at radius 3 is 2.38 bits per heavy atom. The Balaban J connectivity index is 1.44. The molecule has 0 saturated heterocycles. The Morgan fingerprint density at radius 2 is 1.79 bits per heavy atom. The third-order valence-corrected chi connectivity index (χ3v) is 5.28. The first-order valence-electron chi connectivity index (χ1n) is 8.93. The Hall–Kier alpha value is -2.19. The number of carbonyl (C=O) groups excluding carboxylic acids is 1. The van der Waals surface area contributed by atoms with Crippen molar-refractivity contribution in [3.63, 3.8) is 0 Å². The fourth-order valence-electron chi connectivity index (χ4n) is 3.04. The number of halogens is 5. The van der Waals surface area contributed by atoms with Crippen molar-refractivity contribution in [1.82, 2.24) is 10.3 Å². The molecule has 1 aliphatic rings. The van der Waals surface area contributed by atoms with Crippen molar-refractivity contribution in [3.8, 4) is 5.88 Å². The number of amides is 2. The maximum absolute atomic E-state index is 12.6. The van der Waals surface area contributed by atoms with Gasteiger partial charge in [-0.3, -0.25) is 0 Å². The normalized spacial score (nSPS) is 19.5. The number of carbonyl (C=O) groups is 1. The predicted octanol–water partition coefficient (Wildman–Crippen LogP) is 5.92. The van der Waals surface area contributed by atoms with Crippen LogP contribution in [0.1, 0.15) is 31.2 Å². The quantitative estimate of drug-likeness (QED) is 0.611. The highest BCUT2D eigenvalue weighted by molar-refractivity contribution is 6.42. The first-order valence-corrected chi connectivity index (χ1v) is 9.69. The maximum atomic E-state index is 12.6. The molecule has 0 atom stereocenters. The van der Waals surface area contributed by atoms with Gasteiger partial charge in [-0.05, 0) is 49.9 Å². The van der Waals surface area contributed by atoms with Crippen molar-refractivity contribution < 1.29 is 22.7 Å². The molecule has 3 rings (SSSR count). The van der Waals surface area contributed by atoms with Crippen molar-refractivity contribution in [3.05, 3.63) is 52.1 Å². The Kier molecular flexibility index (Phi) is 6.74. The van der Waals surface area contributed by atoms with Gasteiger partial charge in [-0.1, -0.05) is 23.2 Å². The molecule has 156 valence electrons. The molecule has 1 fully saturated rings. The van der Waals surface area contributed by atoms with Crippen LogP contribution in [0.5, 0.6) is 5.88 Å². The van der Waals surface area contributed by atoms with Gasteiger partial charge in [-0.2, -0.15) is 13.2 Å². The van der Waals surface area contributed by atoms with Crippen molar-refractivity contribution in [2.24, 2.45) is 0 Å². The fourth-order valence-corrected chi connectivity index (χ4v) is 3.34. The molecule has 1 aromatic carbocycles. The van der Waals surface area contributed by atoms with E-state index in [1.54, 1.807) is 18.2 Å². The van der Waals surface area contributed by atoms with Gasteiger partial charge in [0.05, 0.1) is 15.6 Å². The summed E-state index contributed by atoms with van der Waals surface area (Å²) in [5.74, 6) is 0.159.